The number of unbranched alkanes of at least 4 members (excludes halogenated alkanes) is 8. The first kappa shape index (κ1) is 44.5. The van der Waals surface area contributed by atoms with Gasteiger partial charge in [-0.25, -0.2) is 33.7 Å². The van der Waals surface area contributed by atoms with E-state index in [-0.39, 0.29) is 25.7 Å². The summed E-state index contributed by atoms with van der Waals surface area (Å²) in [5, 5.41) is -1.38. The number of hydrogen-bond acceptors (Lipinski definition) is 13. The first-order valence-corrected chi connectivity index (χ1v) is 23.2. The van der Waals surface area contributed by atoms with Crippen LogP contribution in [0, 0.1) is 0 Å². The molecule has 2 unspecified atom stereocenters. The lowest BCUT2D eigenvalue weighted by Crippen LogP contribution is -2.56. The van der Waals surface area contributed by atoms with Crippen molar-refractivity contribution in [3.8, 4) is 0 Å². The Labute approximate surface area is 286 Å². The summed E-state index contributed by atoms with van der Waals surface area (Å²) in [6, 6.07) is 9.46. The highest BCUT2D eigenvalue weighted by atomic mass is 32.2. The highest BCUT2D eigenvalue weighted by molar-refractivity contribution is 7.86. The summed E-state index contributed by atoms with van der Waals surface area (Å²) in [7, 11) is -11.6. The lowest BCUT2D eigenvalue weighted by atomic mass is 9.92. The monoisotopic (exact) mass is 781 g/mol. The number of para-hydroxylation sites is 1. The predicted molar refractivity (Wildman–Crippen MR) is 186 cm³/mol. The number of nitrogens with zero attached hydrogens (tertiary/aromatic N) is 1. The first-order chi connectivity index (χ1) is 21.6. The standard InChI is InChI=1S/C28H53NO12P2S4/c30-44(31,32)22-12-2-8-18-27(42,19-9-3-13-23-45(33,34)35)29(26-16-6-1-7-17-26)28(43,20-10-4-14-24-46(36,37)38)21-11-5-15-25-47(39,40)41/h1,6-7,16-17H,2-5,8-15,18-25,42-43H2,(H,30,31,32)(H,33,34,35)(H,36,37,38)(H,39,40,41)/p-4. The third-order valence-corrected chi connectivity index (χ3v) is 12.7. The van der Waals surface area contributed by atoms with E-state index < -0.39 is 74.0 Å². The van der Waals surface area contributed by atoms with Crippen molar-refractivity contribution in [1.82, 2.24) is 0 Å². The molecule has 276 valence electrons. The van der Waals surface area contributed by atoms with E-state index in [9.17, 15) is 51.9 Å². The second-order valence-electron chi connectivity index (χ2n) is 12.2. The number of benzene rings is 1. The van der Waals surface area contributed by atoms with E-state index in [0.29, 0.717) is 77.0 Å². The van der Waals surface area contributed by atoms with Gasteiger partial charge in [-0.05, 0) is 63.5 Å². The van der Waals surface area contributed by atoms with Crippen LogP contribution in [0.3, 0.4) is 0 Å². The summed E-state index contributed by atoms with van der Waals surface area (Å²) in [5.41, 5.74) is 0.839. The summed E-state index contributed by atoms with van der Waals surface area (Å²) < 4.78 is 134. The minimum Gasteiger partial charge on any atom is -0.748 e. The lowest BCUT2D eigenvalue weighted by molar-refractivity contribution is 0.338. The predicted octanol–water partition coefficient (Wildman–Crippen LogP) is 4.06. The Morgan fingerprint density at radius 2 is 0.702 bits per heavy atom. The van der Waals surface area contributed by atoms with E-state index in [4.69, 9.17) is 0 Å². The molecule has 13 nitrogen and oxygen atoms in total. The second-order valence-corrected chi connectivity index (χ2v) is 20.4. The molecular weight excluding hydrogens is 733 g/mol. The van der Waals surface area contributed by atoms with Crippen LogP contribution in [0.4, 0.5) is 5.69 Å². The summed E-state index contributed by atoms with van der Waals surface area (Å²) in [4.78, 5) is 2.23. The highest BCUT2D eigenvalue weighted by Gasteiger charge is 2.42. The summed E-state index contributed by atoms with van der Waals surface area (Å²) in [6.45, 7) is 0. The zero-order valence-electron chi connectivity index (χ0n) is 26.7. The van der Waals surface area contributed by atoms with Gasteiger partial charge in [0.2, 0.25) is 0 Å². The minimum atomic E-state index is -4.36. The van der Waals surface area contributed by atoms with Gasteiger partial charge in [0.1, 0.15) is 0 Å². The van der Waals surface area contributed by atoms with Crippen molar-refractivity contribution < 1.29 is 51.9 Å². The Kier molecular flexibility index (Phi) is 19.3. The van der Waals surface area contributed by atoms with Crippen LogP contribution < -0.4 is 4.90 Å². The van der Waals surface area contributed by atoms with Gasteiger partial charge in [0.25, 0.3) is 0 Å². The third-order valence-electron chi connectivity index (χ3n) is 7.92. The molecule has 0 aliphatic rings. The van der Waals surface area contributed by atoms with Crippen LogP contribution in [-0.4, -0.2) is 85.5 Å². The average molecular weight is 782 g/mol. The molecule has 0 amide bonds. The molecule has 1 rings (SSSR count). The van der Waals surface area contributed by atoms with Crippen LogP contribution in [0.1, 0.15) is 103 Å². The van der Waals surface area contributed by atoms with Crippen LogP contribution in [0.15, 0.2) is 30.3 Å². The molecule has 19 heteroatoms. The van der Waals surface area contributed by atoms with Gasteiger partial charge in [-0.3, -0.25) is 0 Å². The van der Waals surface area contributed by atoms with Gasteiger partial charge in [-0.15, -0.1) is 18.5 Å². The zero-order chi connectivity index (χ0) is 35.8. The smallest absolute Gasteiger partial charge is 0.0945 e. The molecular formula is C28H49NO12P2S4-4. The molecule has 0 fully saturated rings. The number of rotatable bonds is 27. The lowest BCUT2D eigenvalue weighted by Gasteiger charge is -2.54. The quantitative estimate of drug-likeness (QED) is 0.0697. The van der Waals surface area contributed by atoms with Crippen molar-refractivity contribution in [2.24, 2.45) is 0 Å². The van der Waals surface area contributed by atoms with Crippen molar-refractivity contribution in [2.45, 2.75) is 113 Å². The van der Waals surface area contributed by atoms with Gasteiger partial charge in [-0.2, -0.15) is 0 Å². The Balaban J connectivity index is 3.44. The van der Waals surface area contributed by atoms with Gasteiger partial charge in [0.05, 0.1) is 51.0 Å². The average Bonchev–Trinajstić information content (AvgIpc) is 2.90. The summed E-state index contributed by atoms with van der Waals surface area (Å²) >= 11 is 0. The van der Waals surface area contributed by atoms with Crippen LogP contribution in [-0.2, 0) is 40.5 Å². The van der Waals surface area contributed by atoms with E-state index in [1.807, 2.05) is 30.3 Å². The molecule has 0 aliphatic heterocycles. The number of hydrogen-bond donors (Lipinski definition) is 0. The van der Waals surface area contributed by atoms with Gasteiger partial charge < -0.3 is 23.1 Å². The van der Waals surface area contributed by atoms with E-state index in [0.717, 1.165) is 5.69 Å². The molecule has 2 atom stereocenters. The fraction of sp³-hybridized carbons (Fsp3) is 0.786. The van der Waals surface area contributed by atoms with Gasteiger partial charge >= 0.3 is 0 Å². The van der Waals surface area contributed by atoms with Crippen molar-refractivity contribution in [1.29, 1.82) is 0 Å². The fourth-order valence-corrected chi connectivity index (χ4v) is 9.79. The Bertz CT molecular complexity index is 1310. The topological polar surface area (TPSA) is 232 Å². The van der Waals surface area contributed by atoms with E-state index in [1.165, 1.54) is 0 Å². The van der Waals surface area contributed by atoms with Crippen molar-refractivity contribution in [2.75, 3.05) is 27.9 Å². The maximum atomic E-state index is 11.2. The molecule has 0 spiro atoms. The fourth-order valence-electron chi connectivity index (χ4n) is 5.78. The minimum absolute atomic E-state index is 0.191. The summed E-state index contributed by atoms with van der Waals surface area (Å²) in [5.74, 6) is -1.91. The van der Waals surface area contributed by atoms with Crippen LogP contribution in [0.25, 0.3) is 0 Å². The molecule has 0 saturated heterocycles. The molecule has 1 aromatic carbocycles. The Hall–Kier alpha value is -0.480. The molecule has 1 aromatic rings. The zero-order valence-corrected chi connectivity index (χ0v) is 32.2. The molecule has 0 aromatic heterocycles. The van der Waals surface area contributed by atoms with Gasteiger partial charge in [-0.1, -0.05) is 69.6 Å². The molecule has 0 heterocycles. The van der Waals surface area contributed by atoms with Crippen LogP contribution in [0.2, 0.25) is 0 Å². The Morgan fingerprint density at radius 3 is 0.936 bits per heavy atom. The molecule has 0 radical (unpaired) electrons. The van der Waals surface area contributed by atoms with Crippen molar-refractivity contribution in [3.05, 3.63) is 30.3 Å². The molecule has 0 saturated carbocycles. The van der Waals surface area contributed by atoms with E-state index in [2.05, 4.69) is 23.4 Å². The van der Waals surface area contributed by atoms with E-state index >= 15 is 0 Å². The van der Waals surface area contributed by atoms with Crippen LogP contribution >= 0.6 is 18.5 Å². The highest BCUT2D eigenvalue weighted by Crippen LogP contribution is 2.49. The number of anilines is 1. The van der Waals surface area contributed by atoms with Gasteiger partial charge in [0, 0.05) is 28.7 Å². The molecule has 0 aliphatic carbocycles. The maximum absolute atomic E-state index is 11.2. The van der Waals surface area contributed by atoms with Crippen LogP contribution in [0.5, 0.6) is 0 Å². The molecule has 47 heavy (non-hydrogen) atoms. The maximum Gasteiger partial charge on any atom is 0.0945 e. The summed E-state index contributed by atoms with van der Waals surface area (Å²) in [6.07, 6.45) is 6.97. The van der Waals surface area contributed by atoms with Crippen molar-refractivity contribution in [3.63, 3.8) is 0 Å². The SMILES string of the molecule is O=S(=O)([O-])CCCCCC(P)(CCCCCS(=O)(=O)[O-])N(c1ccccc1)C(P)(CCCCCS(=O)(=O)[O-])CCCCCS(=O)(=O)[O-]. The van der Waals surface area contributed by atoms with Crippen molar-refractivity contribution >= 4 is 64.6 Å². The van der Waals surface area contributed by atoms with E-state index in [1.54, 1.807) is 0 Å². The Morgan fingerprint density at radius 1 is 0.447 bits per heavy atom. The molecule has 0 N–H and O–H groups in total. The largest absolute Gasteiger partial charge is 0.748 e. The third kappa shape index (κ3) is 21.4. The second kappa shape index (κ2) is 20.4. The normalized spacial score (nSPS) is 13.6. The molecule has 0 bridgehead atoms. The first-order valence-electron chi connectivity index (χ1n) is 15.7. The van der Waals surface area contributed by atoms with Gasteiger partial charge in [0.15, 0.2) is 0 Å².